The Balaban J connectivity index is 1.50. The molecule has 1 aromatic heterocycles. The predicted octanol–water partition coefficient (Wildman–Crippen LogP) is 2.24. The molecule has 0 aliphatic rings. The molecule has 2 N–H and O–H groups in total. The van der Waals surface area contributed by atoms with Gasteiger partial charge in [-0.2, -0.15) is 4.98 Å². The normalized spacial score (nSPS) is 10.4. The summed E-state index contributed by atoms with van der Waals surface area (Å²) in [6.45, 7) is -0.211. The Morgan fingerprint density at radius 3 is 2.33 bits per heavy atom. The highest BCUT2D eigenvalue weighted by molar-refractivity contribution is 5.95. The van der Waals surface area contributed by atoms with Crippen molar-refractivity contribution < 1.29 is 28.0 Å². The molecule has 0 aliphatic heterocycles. The van der Waals surface area contributed by atoms with Crippen LogP contribution in [0.3, 0.4) is 0 Å². The largest absolute Gasteiger partial charge is 0.485 e. The van der Waals surface area contributed by atoms with Crippen molar-refractivity contribution in [3.8, 4) is 5.75 Å². The van der Waals surface area contributed by atoms with Crippen LogP contribution in [-0.4, -0.2) is 22.0 Å². The van der Waals surface area contributed by atoms with E-state index in [1.165, 1.54) is 48.5 Å². The second kappa shape index (κ2) is 8.09. The summed E-state index contributed by atoms with van der Waals surface area (Å²) in [6, 6.07) is 11.2. The Bertz CT molecular complexity index is 938. The first kappa shape index (κ1) is 18.1. The van der Waals surface area contributed by atoms with E-state index >= 15 is 0 Å². The highest BCUT2D eigenvalue weighted by atomic mass is 19.1. The predicted molar refractivity (Wildman–Crippen MR) is 89.1 cm³/mol. The maximum atomic E-state index is 12.8. The van der Waals surface area contributed by atoms with Gasteiger partial charge in [-0.05, 0) is 48.5 Å². The molecule has 3 aromatic rings. The van der Waals surface area contributed by atoms with Crippen molar-refractivity contribution in [3.63, 3.8) is 0 Å². The highest BCUT2D eigenvalue weighted by Gasteiger charge is 2.12. The van der Waals surface area contributed by atoms with Crippen LogP contribution in [0.1, 0.15) is 32.4 Å². The second-order valence-electron chi connectivity index (χ2n) is 5.36. The summed E-state index contributed by atoms with van der Waals surface area (Å²) in [6.07, 6.45) is 0. The fraction of sp³-hybridized carbons (Fsp3) is 0.111. The van der Waals surface area contributed by atoms with Gasteiger partial charge >= 0.3 is 5.97 Å². The molecule has 8 nitrogen and oxygen atoms in total. The maximum absolute atomic E-state index is 12.8. The number of hydrogen-bond acceptors (Lipinski definition) is 7. The van der Waals surface area contributed by atoms with Gasteiger partial charge in [-0.15, -0.1) is 0 Å². The monoisotopic (exact) mass is 371 g/mol. The van der Waals surface area contributed by atoms with Crippen molar-refractivity contribution in [1.82, 2.24) is 10.1 Å². The molecule has 9 heteroatoms. The molecule has 138 valence electrons. The molecular formula is C18H14FN3O5. The molecule has 1 amide bonds. The number of ether oxygens (including phenoxy) is 2. The number of aromatic nitrogens is 2. The van der Waals surface area contributed by atoms with Crippen LogP contribution in [0, 0.1) is 5.82 Å². The van der Waals surface area contributed by atoms with E-state index in [0.29, 0.717) is 5.75 Å². The van der Waals surface area contributed by atoms with Gasteiger partial charge in [0.1, 0.15) is 11.6 Å². The average Bonchev–Trinajstić information content (AvgIpc) is 3.13. The van der Waals surface area contributed by atoms with Gasteiger partial charge in [-0.3, -0.25) is 4.79 Å². The molecule has 3 rings (SSSR count). The van der Waals surface area contributed by atoms with E-state index in [2.05, 4.69) is 10.1 Å². The molecule has 0 bridgehead atoms. The van der Waals surface area contributed by atoms with Gasteiger partial charge in [-0.1, -0.05) is 5.16 Å². The third-order valence-electron chi connectivity index (χ3n) is 3.42. The van der Waals surface area contributed by atoms with E-state index in [4.69, 9.17) is 19.7 Å². The molecule has 0 spiro atoms. The van der Waals surface area contributed by atoms with Gasteiger partial charge in [0.2, 0.25) is 11.7 Å². The molecule has 0 aliphatic carbocycles. The first-order chi connectivity index (χ1) is 13.0. The lowest BCUT2D eigenvalue weighted by molar-refractivity contribution is 0.0429. The van der Waals surface area contributed by atoms with Crippen molar-refractivity contribution in [2.24, 2.45) is 5.73 Å². The van der Waals surface area contributed by atoms with Crippen molar-refractivity contribution in [2.75, 3.05) is 0 Å². The van der Waals surface area contributed by atoms with E-state index in [9.17, 15) is 14.0 Å². The highest BCUT2D eigenvalue weighted by Crippen LogP contribution is 2.13. The van der Waals surface area contributed by atoms with E-state index in [-0.39, 0.29) is 41.9 Å². The topological polar surface area (TPSA) is 118 Å². The average molecular weight is 371 g/mol. The van der Waals surface area contributed by atoms with E-state index < -0.39 is 11.9 Å². The lowest BCUT2D eigenvalue weighted by Crippen LogP contribution is -2.11. The minimum Gasteiger partial charge on any atom is -0.485 e. The number of nitrogens with zero attached hydrogens (tertiary/aromatic N) is 2. The lowest BCUT2D eigenvalue weighted by Gasteiger charge is -2.03. The Kier molecular flexibility index (Phi) is 5.41. The third-order valence-corrected chi connectivity index (χ3v) is 3.42. The Hall–Kier alpha value is -3.75. The van der Waals surface area contributed by atoms with Gasteiger partial charge in [0, 0.05) is 5.56 Å². The number of rotatable bonds is 7. The lowest BCUT2D eigenvalue weighted by atomic mass is 10.1. The fourth-order valence-electron chi connectivity index (χ4n) is 2.07. The summed E-state index contributed by atoms with van der Waals surface area (Å²) in [5.74, 6) is -0.778. The molecular weight excluding hydrogens is 357 g/mol. The third kappa shape index (κ3) is 4.88. The number of esters is 1. The zero-order chi connectivity index (χ0) is 19.2. The molecule has 0 fully saturated rings. The van der Waals surface area contributed by atoms with Crippen LogP contribution < -0.4 is 10.5 Å². The molecule has 1 heterocycles. The van der Waals surface area contributed by atoms with E-state index in [0.717, 1.165) is 0 Å². The number of primary amides is 1. The van der Waals surface area contributed by atoms with Gasteiger partial charge < -0.3 is 19.7 Å². The van der Waals surface area contributed by atoms with Gasteiger partial charge in [0.25, 0.3) is 5.89 Å². The summed E-state index contributed by atoms with van der Waals surface area (Å²) in [7, 11) is 0. The number of nitrogens with two attached hydrogens (primary N) is 1. The standard InChI is InChI=1S/C18H14FN3O5/c19-13-5-7-14(8-6-13)25-9-15-21-16(27-22-15)10-26-18(24)12-3-1-11(2-4-12)17(20)23/h1-8H,9-10H2,(H2,20,23). The van der Waals surface area contributed by atoms with Crippen LogP contribution in [0.2, 0.25) is 0 Å². The zero-order valence-corrected chi connectivity index (χ0v) is 13.9. The quantitative estimate of drug-likeness (QED) is 0.633. The smallest absolute Gasteiger partial charge is 0.338 e. The molecule has 2 aromatic carbocycles. The maximum Gasteiger partial charge on any atom is 0.338 e. The van der Waals surface area contributed by atoms with Gasteiger partial charge in [0.15, 0.2) is 13.2 Å². The summed E-state index contributed by atoms with van der Waals surface area (Å²) in [4.78, 5) is 27.0. The number of hydrogen-bond donors (Lipinski definition) is 1. The summed E-state index contributed by atoms with van der Waals surface area (Å²) in [5.41, 5.74) is 5.67. The van der Waals surface area contributed by atoms with Gasteiger partial charge in [0.05, 0.1) is 5.56 Å². The van der Waals surface area contributed by atoms with Crippen LogP contribution in [0.4, 0.5) is 4.39 Å². The fourth-order valence-corrected chi connectivity index (χ4v) is 2.07. The Labute approximate surface area is 152 Å². The van der Waals surface area contributed by atoms with Crippen LogP contribution in [0.15, 0.2) is 53.1 Å². The number of carbonyl (C=O) groups excluding carboxylic acids is 2. The SMILES string of the molecule is NC(=O)c1ccc(C(=O)OCc2nc(COc3ccc(F)cc3)no2)cc1. The van der Waals surface area contributed by atoms with E-state index in [1.54, 1.807) is 0 Å². The minimum absolute atomic E-state index is 0.0116. The molecule has 0 atom stereocenters. The first-order valence-corrected chi connectivity index (χ1v) is 7.78. The van der Waals surface area contributed by atoms with Crippen LogP contribution in [-0.2, 0) is 18.0 Å². The summed E-state index contributed by atoms with van der Waals surface area (Å²) in [5, 5.41) is 3.70. The minimum atomic E-state index is -0.617. The number of amides is 1. The van der Waals surface area contributed by atoms with Crippen LogP contribution >= 0.6 is 0 Å². The van der Waals surface area contributed by atoms with Gasteiger partial charge in [-0.25, -0.2) is 9.18 Å². The van der Waals surface area contributed by atoms with Crippen LogP contribution in [0.5, 0.6) is 5.75 Å². The number of carbonyl (C=O) groups is 2. The number of benzene rings is 2. The van der Waals surface area contributed by atoms with Crippen molar-refractivity contribution in [2.45, 2.75) is 13.2 Å². The van der Waals surface area contributed by atoms with Crippen LogP contribution in [0.25, 0.3) is 0 Å². The zero-order valence-electron chi connectivity index (χ0n) is 13.9. The number of halogens is 1. The molecule has 0 unspecified atom stereocenters. The van der Waals surface area contributed by atoms with Crippen molar-refractivity contribution in [1.29, 1.82) is 0 Å². The first-order valence-electron chi connectivity index (χ1n) is 7.78. The van der Waals surface area contributed by atoms with E-state index in [1.807, 2.05) is 0 Å². The summed E-state index contributed by atoms with van der Waals surface area (Å²) < 4.78 is 28.3. The Morgan fingerprint density at radius 2 is 1.67 bits per heavy atom. The molecule has 0 radical (unpaired) electrons. The molecule has 0 saturated heterocycles. The van der Waals surface area contributed by atoms with Crippen molar-refractivity contribution in [3.05, 3.63) is 77.2 Å². The second-order valence-corrected chi connectivity index (χ2v) is 5.36. The Morgan fingerprint density at radius 1 is 1.00 bits per heavy atom. The molecule has 27 heavy (non-hydrogen) atoms. The van der Waals surface area contributed by atoms with Crippen molar-refractivity contribution >= 4 is 11.9 Å². The summed E-state index contributed by atoms with van der Waals surface area (Å²) >= 11 is 0. The molecule has 0 saturated carbocycles.